The van der Waals surface area contributed by atoms with Crippen LogP contribution in [0.1, 0.15) is 43.4 Å². The van der Waals surface area contributed by atoms with Gasteiger partial charge in [0.25, 0.3) is 0 Å². The zero-order valence-electron chi connectivity index (χ0n) is 16.5. The standard InChI is InChI=1S/C23H30O4/c1-18(15-26-17-22(25-3)21-12-8-5-9-13-21)16-27-23(24)14-19(2)20-10-6-4-7-11-20/h4-13,18-19,22H,14-17H2,1-3H3. The Kier molecular flexibility index (Phi) is 9.02. The van der Waals surface area contributed by atoms with Gasteiger partial charge in [0.15, 0.2) is 0 Å². The van der Waals surface area contributed by atoms with Crippen LogP contribution in [-0.4, -0.2) is 32.9 Å². The number of carbonyl (C=O) groups is 1. The van der Waals surface area contributed by atoms with E-state index in [1.54, 1.807) is 7.11 Å². The van der Waals surface area contributed by atoms with E-state index in [1.165, 1.54) is 0 Å². The highest BCUT2D eigenvalue weighted by atomic mass is 16.5. The highest BCUT2D eigenvalue weighted by molar-refractivity contribution is 5.70. The zero-order chi connectivity index (χ0) is 19.5. The Morgan fingerprint density at radius 2 is 1.44 bits per heavy atom. The molecule has 0 fully saturated rings. The molecule has 0 heterocycles. The molecule has 0 bridgehead atoms. The van der Waals surface area contributed by atoms with Gasteiger partial charge in [-0.1, -0.05) is 74.5 Å². The highest BCUT2D eigenvalue weighted by Gasteiger charge is 2.15. The van der Waals surface area contributed by atoms with E-state index in [9.17, 15) is 4.79 Å². The first-order valence-corrected chi connectivity index (χ1v) is 9.46. The fourth-order valence-corrected chi connectivity index (χ4v) is 2.84. The highest BCUT2D eigenvalue weighted by Crippen LogP contribution is 2.19. The molecule has 4 heteroatoms. The third-order valence-electron chi connectivity index (χ3n) is 4.50. The van der Waals surface area contributed by atoms with E-state index in [1.807, 2.05) is 74.5 Å². The second-order valence-corrected chi connectivity index (χ2v) is 6.98. The molecule has 0 spiro atoms. The summed E-state index contributed by atoms with van der Waals surface area (Å²) in [5, 5.41) is 0. The van der Waals surface area contributed by atoms with Gasteiger partial charge < -0.3 is 14.2 Å². The number of carbonyl (C=O) groups excluding carboxylic acids is 1. The molecule has 2 aromatic carbocycles. The van der Waals surface area contributed by atoms with Crippen molar-refractivity contribution in [3.63, 3.8) is 0 Å². The topological polar surface area (TPSA) is 44.8 Å². The first-order valence-electron chi connectivity index (χ1n) is 9.46. The molecule has 0 aliphatic carbocycles. The maximum absolute atomic E-state index is 12.1. The summed E-state index contributed by atoms with van der Waals surface area (Å²) in [6.45, 7) is 5.41. The number of methoxy groups -OCH3 is 1. The van der Waals surface area contributed by atoms with Crippen molar-refractivity contribution in [3.05, 3.63) is 71.8 Å². The van der Waals surface area contributed by atoms with E-state index in [0.717, 1.165) is 11.1 Å². The predicted molar refractivity (Wildman–Crippen MR) is 107 cm³/mol. The largest absolute Gasteiger partial charge is 0.465 e. The van der Waals surface area contributed by atoms with Gasteiger partial charge >= 0.3 is 5.97 Å². The third-order valence-corrected chi connectivity index (χ3v) is 4.50. The molecule has 0 N–H and O–H groups in total. The normalized spacial score (nSPS) is 14.3. The molecule has 0 aliphatic heterocycles. The van der Waals surface area contributed by atoms with Crippen LogP contribution in [0.25, 0.3) is 0 Å². The average molecular weight is 370 g/mol. The molecule has 146 valence electrons. The fraction of sp³-hybridized carbons (Fsp3) is 0.435. The average Bonchev–Trinajstić information content (AvgIpc) is 2.71. The molecule has 3 unspecified atom stereocenters. The third kappa shape index (κ3) is 7.53. The summed E-state index contributed by atoms with van der Waals surface area (Å²) in [5.41, 5.74) is 2.24. The molecule has 2 aromatic rings. The lowest BCUT2D eigenvalue weighted by Gasteiger charge is -2.18. The van der Waals surface area contributed by atoms with Crippen molar-refractivity contribution in [2.75, 3.05) is 26.9 Å². The van der Waals surface area contributed by atoms with Crippen LogP contribution in [0.5, 0.6) is 0 Å². The Hall–Kier alpha value is -2.17. The number of hydrogen-bond acceptors (Lipinski definition) is 4. The van der Waals surface area contributed by atoms with Crippen molar-refractivity contribution in [1.29, 1.82) is 0 Å². The summed E-state index contributed by atoms with van der Waals surface area (Å²) < 4.78 is 16.7. The lowest BCUT2D eigenvalue weighted by Crippen LogP contribution is -2.19. The molecule has 0 saturated carbocycles. The second-order valence-electron chi connectivity index (χ2n) is 6.98. The van der Waals surface area contributed by atoms with E-state index in [0.29, 0.717) is 26.2 Å². The smallest absolute Gasteiger partial charge is 0.306 e. The van der Waals surface area contributed by atoms with Gasteiger partial charge in [-0.15, -0.1) is 0 Å². The summed E-state index contributed by atoms with van der Waals surface area (Å²) in [7, 11) is 1.68. The van der Waals surface area contributed by atoms with Crippen LogP contribution in [0.2, 0.25) is 0 Å². The maximum atomic E-state index is 12.1. The summed E-state index contributed by atoms with van der Waals surface area (Å²) in [6, 6.07) is 20.0. The first-order chi connectivity index (χ1) is 13.1. The van der Waals surface area contributed by atoms with Gasteiger partial charge in [-0.25, -0.2) is 0 Å². The molecule has 0 saturated heterocycles. The van der Waals surface area contributed by atoms with Crippen LogP contribution in [0.4, 0.5) is 0 Å². The molecule has 0 amide bonds. The van der Waals surface area contributed by atoms with Gasteiger partial charge in [0, 0.05) is 13.0 Å². The van der Waals surface area contributed by atoms with E-state index >= 15 is 0 Å². The Morgan fingerprint density at radius 3 is 2.04 bits per heavy atom. The summed E-state index contributed by atoms with van der Waals surface area (Å²) in [4.78, 5) is 12.1. The van der Waals surface area contributed by atoms with Crippen LogP contribution in [-0.2, 0) is 19.0 Å². The quantitative estimate of drug-likeness (QED) is 0.535. The van der Waals surface area contributed by atoms with Gasteiger partial charge in [0.2, 0.25) is 0 Å². The first kappa shape index (κ1) is 21.1. The number of hydrogen-bond donors (Lipinski definition) is 0. The molecule has 27 heavy (non-hydrogen) atoms. The van der Waals surface area contributed by atoms with Gasteiger partial charge in [-0.2, -0.15) is 0 Å². The van der Waals surface area contributed by atoms with Crippen molar-refractivity contribution in [2.24, 2.45) is 5.92 Å². The SMILES string of the molecule is COC(COCC(C)COC(=O)CC(C)c1ccccc1)c1ccccc1. The van der Waals surface area contributed by atoms with Crippen molar-refractivity contribution in [3.8, 4) is 0 Å². The van der Waals surface area contributed by atoms with Gasteiger partial charge in [0.1, 0.15) is 6.10 Å². The summed E-state index contributed by atoms with van der Waals surface area (Å²) in [5.74, 6) is 0.116. The van der Waals surface area contributed by atoms with Gasteiger partial charge in [-0.05, 0) is 17.0 Å². The Morgan fingerprint density at radius 1 is 0.852 bits per heavy atom. The van der Waals surface area contributed by atoms with Crippen molar-refractivity contribution in [2.45, 2.75) is 32.3 Å². The number of esters is 1. The number of rotatable bonds is 11. The summed E-state index contributed by atoms with van der Waals surface area (Å²) >= 11 is 0. The number of benzene rings is 2. The number of ether oxygens (including phenoxy) is 3. The van der Waals surface area contributed by atoms with Crippen LogP contribution in [0, 0.1) is 5.92 Å². The molecule has 0 aliphatic rings. The van der Waals surface area contributed by atoms with E-state index in [4.69, 9.17) is 14.2 Å². The maximum Gasteiger partial charge on any atom is 0.306 e. The minimum Gasteiger partial charge on any atom is -0.465 e. The van der Waals surface area contributed by atoms with E-state index in [-0.39, 0.29) is 23.9 Å². The predicted octanol–water partition coefficient (Wildman–Crippen LogP) is 4.76. The van der Waals surface area contributed by atoms with E-state index < -0.39 is 0 Å². The van der Waals surface area contributed by atoms with Crippen molar-refractivity contribution >= 4 is 5.97 Å². The second kappa shape index (κ2) is 11.5. The molecule has 0 radical (unpaired) electrons. The molecular weight excluding hydrogens is 340 g/mol. The lowest BCUT2D eigenvalue weighted by molar-refractivity contribution is -0.146. The Bertz CT molecular complexity index is 657. The molecular formula is C23H30O4. The lowest BCUT2D eigenvalue weighted by atomic mass is 9.98. The minimum absolute atomic E-state index is 0.0901. The molecule has 0 aromatic heterocycles. The molecule has 2 rings (SSSR count). The van der Waals surface area contributed by atoms with Crippen LogP contribution in [0.15, 0.2) is 60.7 Å². The van der Waals surface area contributed by atoms with Gasteiger partial charge in [0.05, 0.1) is 26.2 Å². The molecule has 4 nitrogen and oxygen atoms in total. The summed E-state index contributed by atoms with van der Waals surface area (Å²) in [6.07, 6.45) is 0.296. The van der Waals surface area contributed by atoms with Crippen LogP contribution >= 0.6 is 0 Å². The van der Waals surface area contributed by atoms with Crippen LogP contribution < -0.4 is 0 Å². The Balaban J connectivity index is 1.65. The zero-order valence-corrected chi connectivity index (χ0v) is 16.5. The van der Waals surface area contributed by atoms with Crippen LogP contribution in [0.3, 0.4) is 0 Å². The molecule has 3 atom stereocenters. The fourth-order valence-electron chi connectivity index (χ4n) is 2.84. The van der Waals surface area contributed by atoms with Crippen molar-refractivity contribution in [1.82, 2.24) is 0 Å². The minimum atomic E-state index is -0.169. The monoisotopic (exact) mass is 370 g/mol. The van der Waals surface area contributed by atoms with E-state index in [2.05, 4.69) is 0 Å². The Labute approximate surface area is 162 Å². The van der Waals surface area contributed by atoms with Crippen molar-refractivity contribution < 1.29 is 19.0 Å². The van der Waals surface area contributed by atoms with Gasteiger partial charge in [-0.3, -0.25) is 4.79 Å².